The minimum absolute atomic E-state index is 0.248. The van der Waals surface area contributed by atoms with Crippen molar-refractivity contribution in [2.24, 2.45) is 0 Å². The molecule has 0 amide bonds. The van der Waals surface area contributed by atoms with Crippen molar-refractivity contribution >= 4 is 0 Å². The second-order valence-electron chi connectivity index (χ2n) is 3.03. The Labute approximate surface area is 98.0 Å². The number of aromatic nitrogens is 1. The molecule has 0 aliphatic rings. The van der Waals surface area contributed by atoms with Crippen molar-refractivity contribution < 1.29 is 36.5 Å². The molecular weight excluding hydrogens is 265 g/mol. The molecule has 1 aromatic heterocycles. The monoisotopic (exact) mass is 273 g/mol. The summed E-state index contributed by atoms with van der Waals surface area (Å²) in [5.41, 5.74) is -1.64. The number of nitrogens with zero attached hydrogens (tertiary/aromatic N) is 1. The molecule has 9 heteroatoms. The van der Waals surface area contributed by atoms with Crippen LogP contribution in [0.1, 0.15) is 17.6 Å². The highest BCUT2D eigenvalue weighted by atomic mass is 19.4. The fraction of sp³-hybridized carbons (Fsp3) is 0.444. The number of pyridine rings is 1. The molecule has 1 heterocycles. The number of hydrogen-bond acceptors (Lipinski definition) is 4. The third kappa shape index (κ3) is 3.19. The van der Waals surface area contributed by atoms with Crippen LogP contribution >= 0.6 is 0 Å². The number of ether oxygens (including phenoxy) is 2. The number of alkyl halides is 5. The molecule has 102 valence electrons. The molecule has 0 unspecified atom stereocenters. The highest BCUT2D eigenvalue weighted by Gasteiger charge is 2.35. The molecule has 0 atom stereocenters. The summed E-state index contributed by atoms with van der Waals surface area (Å²) >= 11 is 0. The summed E-state index contributed by atoms with van der Waals surface area (Å²) in [6.07, 6.45) is -7.69. The van der Waals surface area contributed by atoms with Crippen molar-refractivity contribution in [1.29, 1.82) is 0 Å². The van der Waals surface area contributed by atoms with Gasteiger partial charge in [-0.25, -0.2) is 13.8 Å². The van der Waals surface area contributed by atoms with Gasteiger partial charge in [0.2, 0.25) is 5.88 Å². The Kier molecular flexibility index (Phi) is 4.28. The lowest BCUT2D eigenvalue weighted by Crippen LogP contribution is -2.20. The molecule has 1 aromatic rings. The van der Waals surface area contributed by atoms with Gasteiger partial charge in [-0.3, -0.25) is 0 Å². The average Bonchev–Trinajstić information content (AvgIpc) is 2.25. The zero-order valence-electron chi connectivity index (χ0n) is 8.96. The Morgan fingerprint density at radius 3 is 2.39 bits per heavy atom. The largest absolute Gasteiger partial charge is 0.574 e. The van der Waals surface area contributed by atoms with Crippen molar-refractivity contribution in [1.82, 2.24) is 4.98 Å². The topological polar surface area (TPSA) is 51.6 Å². The zero-order valence-corrected chi connectivity index (χ0v) is 8.96. The van der Waals surface area contributed by atoms with Crippen LogP contribution in [0.25, 0.3) is 0 Å². The molecular formula is C9H8F5NO3. The predicted octanol–water partition coefficient (Wildman–Crippen LogP) is 2.42. The summed E-state index contributed by atoms with van der Waals surface area (Å²) in [5.74, 6) is -1.55. The normalized spacial score (nSPS) is 11.8. The van der Waals surface area contributed by atoms with E-state index in [9.17, 15) is 22.0 Å². The molecule has 1 N–H and O–H groups in total. The molecule has 1 rings (SSSR count). The molecule has 0 saturated heterocycles. The predicted molar refractivity (Wildman–Crippen MR) is 48.4 cm³/mol. The SMILES string of the molecule is COc1cnc(OC(F)(F)F)c(C(F)F)c1CO. The number of methoxy groups -OCH3 is 1. The first kappa shape index (κ1) is 14.4. The standard InChI is InChI=1S/C9H8F5NO3/c1-17-5-2-15-8(18-9(12,13)14)6(7(10)11)4(5)3-16/h2,7,16H,3H2,1H3. The molecule has 0 aliphatic heterocycles. The average molecular weight is 273 g/mol. The maximum absolute atomic E-state index is 12.7. The van der Waals surface area contributed by atoms with E-state index in [4.69, 9.17) is 5.11 Å². The van der Waals surface area contributed by atoms with Gasteiger partial charge in [0.15, 0.2) is 0 Å². The minimum atomic E-state index is -5.15. The van der Waals surface area contributed by atoms with Gasteiger partial charge >= 0.3 is 6.36 Å². The Hall–Kier alpha value is -1.64. The van der Waals surface area contributed by atoms with E-state index in [-0.39, 0.29) is 5.75 Å². The third-order valence-electron chi connectivity index (χ3n) is 1.96. The van der Waals surface area contributed by atoms with Crippen molar-refractivity contribution in [3.63, 3.8) is 0 Å². The summed E-state index contributed by atoms with van der Waals surface area (Å²) in [5, 5.41) is 8.92. The van der Waals surface area contributed by atoms with Gasteiger partial charge in [-0.15, -0.1) is 13.2 Å². The first-order valence-electron chi connectivity index (χ1n) is 4.50. The van der Waals surface area contributed by atoms with Gasteiger partial charge < -0.3 is 14.6 Å². The van der Waals surface area contributed by atoms with Gasteiger partial charge in [-0.2, -0.15) is 0 Å². The lowest BCUT2D eigenvalue weighted by Gasteiger charge is -2.16. The number of rotatable bonds is 4. The molecule has 0 aromatic carbocycles. The summed E-state index contributed by atoms with van der Waals surface area (Å²) in [4.78, 5) is 3.11. The van der Waals surface area contributed by atoms with Crippen LogP contribution in [0.4, 0.5) is 22.0 Å². The molecule has 18 heavy (non-hydrogen) atoms. The summed E-state index contributed by atoms with van der Waals surface area (Å²) in [6, 6.07) is 0. The van der Waals surface area contributed by atoms with Crippen LogP contribution in [0.2, 0.25) is 0 Å². The zero-order chi connectivity index (χ0) is 13.9. The van der Waals surface area contributed by atoms with Crippen LogP contribution in [-0.2, 0) is 6.61 Å². The third-order valence-corrected chi connectivity index (χ3v) is 1.96. The van der Waals surface area contributed by atoms with Gasteiger partial charge in [0, 0.05) is 5.56 Å². The molecule has 0 aliphatic carbocycles. The maximum atomic E-state index is 12.7. The second kappa shape index (κ2) is 5.34. The van der Waals surface area contributed by atoms with E-state index in [0.29, 0.717) is 0 Å². The van der Waals surface area contributed by atoms with Gasteiger partial charge in [0.25, 0.3) is 6.43 Å². The quantitative estimate of drug-likeness (QED) is 0.856. The maximum Gasteiger partial charge on any atom is 0.574 e. The van der Waals surface area contributed by atoms with E-state index < -0.39 is 36.4 Å². The molecule has 4 nitrogen and oxygen atoms in total. The van der Waals surface area contributed by atoms with Crippen molar-refractivity contribution in [3.05, 3.63) is 17.3 Å². The smallest absolute Gasteiger partial charge is 0.495 e. The van der Waals surface area contributed by atoms with Gasteiger partial charge in [-0.1, -0.05) is 0 Å². The molecule has 0 saturated carbocycles. The lowest BCUT2D eigenvalue weighted by atomic mass is 10.1. The van der Waals surface area contributed by atoms with E-state index in [0.717, 1.165) is 13.3 Å². The van der Waals surface area contributed by atoms with Crippen molar-refractivity contribution in [2.75, 3.05) is 7.11 Å². The number of aliphatic hydroxyl groups excluding tert-OH is 1. The van der Waals surface area contributed by atoms with E-state index in [1.807, 2.05) is 0 Å². The Morgan fingerprint density at radius 2 is 2.00 bits per heavy atom. The molecule has 0 bridgehead atoms. The van der Waals surface area contributed by atoms with Crippen LogP contribution in [0, 0.1) is 0 Å². The molecule has 0 spiro atoms. The van der Waals surface area contributed by atoms with E-state index in [1.165, 1.54) is 0 Å². The minimum Gasteiger partial charge on any atom is -0.495 e. The molecule has 0 radical (unpaired) electrons. The second-order valence-corrected chi connectivity index (χ2v) is 3.03. The summed E-state index contributed by atoms with van der Waals surface area (Å²) in [7, 11) is 1.11. The lowest BCUT2D eigenvalue weighted by molar-refractivity contribution is -0.276. The first-order chi connectivity index (χ1) is 8.30. The van der Waals surface area contributed by atoms with E-state index in [1.54, 1.807) is 0 Å². The number of halogens is 5. The summed E-state index contributed by atoms with van der Waals surface area (Å²) in [6.45, 7) is -0.931. The Balaban J connectivity index is 3.35. The molecule has 0 fully saturated rings. The van der Waals surface area contributed by atoms with Crippen LogP contribution in [0.3, 0.4) is 0 Å². The van der Waals surface area contributed by atoms with Crippen molar-refractivity contribution in [2.45, 2.75) is 19.4 Å². The highest BCUT2D eigenvalue weighted by molar-refractivity contribution is 5.44. The van der Waals surface area contributed by atoms with E-state index in [2.05, 4.69) is 14.5 Å². The van der Waals surface area contributed by atoms with Crippen LogP contribution < -0.4 is 9.47 Å². The first-order valence-corrected chi connectivity index (χ1v) is 4.50. The van der Waals surface area contributed by atoms with Gasteiger partial charge in [0.1, 0.15) is 5.75 Å². The number of hydrogen-bond donors (Lipinski definition) is 1. The number of aliphatic hydroxyl groups is 1. The summed E-state index contributed by atoms with van der Waals surface area (Å²) < 4.78 is 69.4. The van der Waals surface area contributed by atoms with Gasteiger partial charge in [-0.05, 0) is 0 Å². The van der Waals surface area contributed by atoms with Crippen LogP contribution in [0.5, 0.6) is 11.6 Å². The highest BCUT2D eigenvalue weighted by Crippen LogP contribution is 2.37. The van der Waals surface area contributed by atoms with Crippen molar-refractivity contribution in [3.8, 4) is 11.6 Å². The van der Waals surface area contributed by atoms with Gasteiger partial charge in [0.05, 0.1) is 25.5 Å². The van der Waals surface area contributed by atoms with Crippen LogP contribution in [-0.4, -0.2) is 23.6 Å². The fourth-order valence-corrected chi connectivity index (χ4v) is 1.28. The fourth-order valence-electron chi connectivity index (χ4n) is 1.28. The van der Waals surface area contributed by atoms with Crippen LogP contribution in [0.15, 0.2) is 6.20 Å². The van der Waals surface area contributed by atoms with E-state index >= 15 is 0 Å². The Bertz CT molecular complexity index is 421. The Morgan fingerprint density at radius 1 is 1.39 bits per heavy atom.